The minimum absolute atomic E-state index is 0.0509. The molecule has 1 aromatic carbocycles. The van der Waals surface area contributed by atoms with Crippen LogP contribution in [-0.4, -0.2) is 54.4 Å². The molecular weight excluding hydrogens is 440 g/mol. The average molecular weight is 483 g/mol. The molecule has 1 fully saturated rings. The third-order valence-corrected chi connectivity index (χ3v) is 5.67. The number of amides is 2. The van der Waals surface area contributed by atoms with E-state index in [-0.39, 0.29) is 25.5 Å². The lowest BCUT2D eigenvalue weighted by molar-refractivity contribution is -0.132. The van der Waals surface area contributed by atoms with Crippen LogP contribution in [0.15, 0.2) is 60.7 Å². The Morgan fingerprint density at radius 1 is 1.20 bits per heavy atom. The first-order valence-corrected chi connectivity index (χ1v) is 12.4. The number of ether oxygens (including phenoxy) is 1. The predicted molar refractivity (Wildman–Crippen MR) is 145 cm³/mol. The molecule has 6 heteroatoms. The summed E-state index contributed by atoms with van der Waals surface area (Å²) in [5.74, 6) is -0.0752. The normalized spacial score (nSPS) is 14.3. The van der Waals surface area contributed by atoms with Crippen LogP contribution < -0.4 is 5.32 Å². The maximum atomic E-state index is 12.8. The summed E-state index contributed by atoms with van der Waals surface area (Å²) in [5, 5.41) is 12.1. The zero-order valence-corrected chi connectivity index (χ0v) is 21.8. The first kappa shape index (κ1) is 29.9. The largest absolute Gasteiger partial charge is 0.450 e. The van der Waals surface area contributed by atoms with E-state index in [0.717, 1.165) is 24.8 Å². The van der Waals surface area contributed by atoms with E-state index in [0.29, 0.717) is 13.1 Å². The topological polar surface area (TPSA) is 78.9 Å². The van der Waals surface area contributed by atoms with Crippen molar-refractivity contribution in [1.29, 1.82) is 0 Å². The van der Waals surface area contributed by atoms with Gasteiger partial charge in [0.05, 0.1) is 19.3 Å². The van der Waals surface area contributed by atoms with E-state index in [4.69, 9.17) is 4.74 Å². The number of hydrogen-bond donors (Lipinski definition) is 2. The van der Waals surface area contributed by atoms with Gasteiger partial charge in [0.25, 0.3) is 0 Å². The molecule has 0 saturated carbocycles. The maximum absolute atomic E-state index is 12.8. The van der Waals surface area contributed by atoms with E-state index >= 15 is 0 Å². The molecule has 1 aromatic rings. The lowest BCUT2D eigenvalue weighted by atomic mass is 9.86. The lowest BCUT2D eigenvalue weighted by Gasteiger charge is -2.31. The molecule has 1 saturated heterocycles. The highest BCUT2D eigenvalue weighted by Crippen LogP contribution is 2.34. The number of piperidine rings is 1. The molecule has 0 aromatic heterocycles. The highest BCUT2D eigenvalue weighted by atomic mass is 16.5. The Morgan fingerprint density at radius 2 is 1.83 bits per heavy atom. The Bertz CT molecular complexity index is 907. The van der Waals surface area contributed by atoms with Crippen LogP contribution in [0.2, 0.25) is 0 Å². The van der Waals surface area contributed by atoms with Crippen LogP contribution in [0.3, 0.4) is 0 Å². The first-order valence-electron chi connectivity index (χ1n) is 12.4. The molecule has 1 aliphatic heterocycles. The van der Waals surface area contributed by atoms with Crippen LogP contribution in [0.5, 0.6) is 0 Å². The number of aliphatic hydroxyl groups is 1. The highest BCUT2D eigenvalue weighted by Gasteiger charge is 2.25. The molecule has 0 unspecified atom stereocenters. The molecule has 1 heterocycles. The molecule has 192 valence electrons. The number of alkyl carbamates (subject to hydrolysis) is 1. The maximum Gasteiger partial charge on any atom is 0.407 e. The molecule has 2 N–H and O–H groups in total. The molecule has 0 radical (unpaired) electrons. The predicted octanol–water partition coefficient (Wildman–Crippen LogP) is 5.75. The Kier molecular flexibility index (Phi) is 14.1. The molecule has 0 spiro atoms. The second-order valence-electron chi connectivity index (χ2n) is 8.30. The molecular formula is C29H42N2O4. The highest BCUT2D eigenvalue weighted by molar-refractivity contribution is 5.86. The number of hydrogen-bond acceptors (Lipinski definition) is 4. The number of nitrogens with one attached hydrogen (secondary N) is 1. The number of rotatable bonds is 9. The summed E-state index contributed by atoms with van der Waals surface area (Å²) < 4.78 is 4.84. The van der Waals surface area contributed by atoms with Gasteiger partial charge in [-0.2, -0.15) is 0 Å². The Morgan fingerprint density at radius 3 is 2.37 bits per heavy atom. The fourth-order valence-electron chi connectivity index (χ4n) is 4.11. The number of aliphatic hydroxyl groups excluding tert-OH is 1. The van der Waals surface area contributed by atoms with Crippen molar-refractivity contribution in [3.05, 3.63) is 71.8 Å². The second-order valence-corrected chi connectivity index (χ2v) is 8.30. The summed E-state index contributed by atoms with van der Waals surface area (Å²) in [4.78, 5) is 26.2. The molecule has 1 aliphatic rings. The first-order chi connectivity index (χ1) is 16.9. The van der Waals surface area contributed by atoms with Crippen molar-refractivity contribution < 1.29 is 19.4 Å². The third kappa shape index (κ3) is 9.57. The van der Waals surface area contributed by atoms with E-state index in [1.54, 1.807) is 13.0 Å². The van der Waals surface area contributed by atoms with Gasteiger partial charge in [-0.05, 0) is 62.3 Å². The smallest absolute Gasteiger partial charge is 0.407 e. The van der Waals surface area contributed by atoms with Crippen LogP contribution in [0.4, 0.5) is 4.79 Å². The summed E-state index contributed by atoms with van der Waals surface area (Å²) in [6.07, 6.45) is 7.85. The monoisotopic (exact) mass is 482 g/mol. The summed E-state index contributed by atoms with van der Waals surface area (Å²) in [7, 11) is 0. The third-order valence-electron chi connectivity index (χ3n) is 5.67. The average Bonchev–Trinajstić information content (AvgIpc) is 2.85. The minimum atomic E-state index is -0.650. The van der Waals surface area contributed by atoms with Crippen molar-refractivity contribution in [3.63, 3.8) is 0 Å². The van der Waals surface area contributed by atoms with Gasteiger partial charge in [-0.1, -0.05) is 61.6 Å². The van der Waals surface area contributed by atoms with Crippen LogP contribution in [0, 0.1) is 0 Å². The summed E-state index contributed by atoms with van der Waals surface area (Å²) in [6.45, 7) is 16.4. The van der Waals surface area contributed by atoms with Gasteiger partial charge in [-0.3, -0.25) is 4.79 Å². The van der Waals surface area contributed by atoms with E-state index in [9.17, 15) is 14.7 Å². The van der Waals surface area contributed by atoms with E-state index in [2.05, 4.69) is 50.5 Å². The van der Waals surface area contributed by atoms with Crippen molar-refractivity contribution >= 4 is 23.6 Å². The second kappa shape index (κ2) is 16.5. The Balaban J connectivity index is 0.00000194. The lowest BCUT2D eigenvalue weighted by Crippen LogP contribution is -2.44. The van der Waals surface area contributed by atoms with Gasteiger partial charge in [0.15, 0.2) is 0 Å². The zero-order chi connectivity index (χ0) is 26.2. The van der Waals surface area contributed by atoms with Crippen molar-refractivity contribution in [2.45, 2.75) is 59.4 Å². The number of carbonyl (C=O) groups excluding carboxylic acids is 2. The Labute approximate surface area is 211 Å². The molecule has 2 amide bonds. The molecule has 2 rings (SSSR count). The number of likely N-dealkylation sites (tertiary alicyclic amines) is 1. The van der Waals surface area contributed by atoms with Gasteiger partial charge in [0, 0.05) is 19.5 Å². The standard InChI is InChI=1S/C26H36N2O4.C3H6/c1-5-10-19(4)25(23-12-9-8-11-20(23)6-2)21-13-15-28(16-14-21)24(30)17-22(18-29)27-26(31)32-7-3;1-3-2/h6,8-12,22,29H,2,5,7,13-18H2,1,3-4H3,(H,27,31);3H,1H2,2H3/b19-10+;/t22-;/m1./s1. The summed E-state index contributed by atoms with van der Waals surface area (Å²) in [5.41, 5.74) is 6.13. The van der Waals surface area contributed by atoms with Crippen LogP contribution in [0.1, 0.15) is 64.5 Å². The minimum Gasteiger partial charge on any atom is -0.450 e. The fourth-order valence-corrected chi connectivity index (χ4v) is 4.11. The van der Waals surface area contributed by atoms with E-state index in [1.807, 2.05) is 30.0 Å². The van der Waals surface area contributed by atoms with Gasteiger partial charge in [-0.25, -0.2) is 4.79 Å². The Hall–Kier alpha value is -3.12. The van der Waals surface area contributed by atoms with Crippen molar-refractivity contribution in [2.24, 2.45) is 0 Å². The van der Waals surface area contributed by atoms with Crippen molar-refractivity contribution in [2.75, 3.05) is 26.3 Å². The molecule has 1 atom stereocenters. The SMILES string of the molecule is C=CC.C=Cc1ccccc1C(=C1CCN(C(=O)C[C@H](CO)NC(=O)OCC)CC1)/C(C)=C/CC. The number of benzene rings is 1. The van der Waals surface area contributed by atoms with Crippen molar-refractivity contribution in [3.8, 4) is 0 Å². The summed E-state index contributed by atoms with van der Waals surface area (Å²) in [6, 6.07) is 7.63. The van der Waals surface area contributed by atoms with Gasteiger partial charge < -0.3 is 20.1 Å². The fraction of sp³-hybridized carbons (Fsp3) is 0.448. The van der Waals surface area contributed by atoms with Gasteiger partial charge in [0.2, 0.25) is 5.91 Å². The van der Waals surface area contributed by atoms with E-state index < -0.39 is 12.1 Å². The van der Waals surface area contributed by atoms with Gasteiger partial charge >= 0.3 is 6.09 Å². The van der Waals surface area contributed by atoms with Gasteiger partial charge in [-0.15, -0.1) is 6.58 Å². The number of nitrogens with zero attached hydrogens (tertiary/aromatic N) is 1. The van der Waals surface area contributed by atoms with Crippen LogP contribution in [0.25, 0.3) is 11.6 Å². The number of allylic oxidation sites excluding steroid dienone is 4. The zero-order valence-electron chi connectivity index (χ0n) is 21.8. The van der Waals surface area contributed by atoms with Crippen LogP contribution >= 0.6 is 0 Å². The number of carbonyl (C=O) groups is 2. The van der Waals surface area contributed by atoms with E-state index in [1.165, 1.54) is 22.3 Å². The molecule has 6 nitrogen and oxygen atoms in total. The molecule has 0 bridgehead atoms. The molecule has 0 aliphatic carbocycles. The van der Waals surface area contributed by atoms with Gasteiger partial charge in [0.1, 0.15) is 0 Å². The van der Waals surface area contributed by atoms with Crippen LogP contribution in [-0.2, 0) is 9.53 Å². The molecule has 35 heavy (non-hydrogen) atoms. The summed E-state index contributed by atoms with van der Waals surface area (Å²) >= 11 is 0. The quantitative estimate of drug-likeness (QED) is 0.439. The van der Waals surface area contributed by atoms with Crippen molar-refractivity contribution in [1.82, 2.24) is 10.2 Å².